The maximum Gasteiger partial charge on any atom is 0.131 e. The Hall–Kier alpha value is -1.25. The van der Waals surface area contributed by atoms with Crippen LogP contribution in [0, 0.1) is 5.92 Å². The van der Waals surface area contributed by atoms with Crippen molar-refractivity contribution in [1.82, 2.24) is 4.98 Å². The summed E-state index contributed by atoms with van der Waals surface area (Å²) >= 11 is 0. The molecular formula is C17H29N3. The molecule has 0 spiro atoms. The lowest BCUT2D eigenvalue weighted by molar-refractivity contribution is 0.568. The van der Waals surface area contributed by atoms with E-state index in [0.717, 1.165) is 24.1 Å². The summed E-state index contributed by atoms with van der Waals surface area (Å²) < 4.78 is 0. The summed E-state index contributed by atoms with van der Waals surface area (Å²) in [6.45, 7) is 12.2. The Bertz CT molecular complexity index is 430. The molecule has 1 aromatic heterocycles. The Morgan fingerprint density at radius 2 is 2.00 bits per heavy atom. The molecule has 0 aliphatic heterocycles. The van der Waals surface area contributed by atoms with Gasteiger partial charge in [0, 0.05) is 18.1 Å². The number of pyridine rings is 1. The van der Waals surface area contributed by atoms with Gasteiger partial charge in [0.25, 0.3) is 0 Å². The number of nitrogens with one attached hydrogen (secondary N) is 1. The number of hydrogen-bond acceptors (Lipinski definition) is 3. The van der Waals surface area contributed by atoms with Crippen molar-refractivity contribution in [3.63, 3.8) is 0 Å². The largest absolute Gasteiger partial charge is 0.365 e. The summed E-state index contributed by atoms with van der Waals surface area (Å²) in [5, 5.41) is 3.46. The van der Waals surface area contributed by atoms with Gasteiger partial charge in [0.2, 0.25) is 0 Å². The predicted molar refractivity (Wildman–Crippen MR) is 87.4 cm³/mol. The Labute approximate surface area is 123 Å². The van der Waals surface area contributed by atoms with E-state index in [9.17, 15) is 0 Å². The minimum atomic E-state index is 0.0496. The molecule has 0 atom stereocenters. The second-order valence-electron chi connectivity index (χ2n) is 7.36. The van der Waals surface area contributed by atoms with Gasteiger partial charge < -0.3 is 10.2 Å². The van der Waals surface area contributed by atoms with Gasteiger partial charge >= 0.3 is 0 Å². The van der Waals surface area contributed by atoms with Crippen LogP contribution < -0.4 is 10.2 Å². The molecule has 0 bridgehead atoms. The first-order valence-corrected chi connectivity index (χ1v) is 7.87. The third kappa shape index (κ3) is 4.69. The van der Waals surface area contributed by atoms with Crippen LogP contribution in [0.15, 0.2) is 18.2 Å². The molecule has 0 saturated heterocycles. The number of anilines is 2. The normalized spacial score (nSPS) is 15.5. The van der Waals surface area contributed by atoms with Gasteiger partial charge in [0.15, 0.2) is 0 Å². The summed E-state index contributed by atoms with van der Waals surface area (Å²) in [5.41, 5.74) is 0.0496. The average molecular weight is 275 g/mol. The zero-order valence-electron chi connectivity index (χ0n) is 13.6. The molecule has 1 N–H and O–H groups in total. The molecule has 112 valence electrons. The maximum atomic E-state index is 4.81. The molecule has 3 nitrogen and oxygen atoms in total. The maximum absolute atomic E-state index is 4.81. The number of hydrogen-bond donors (Lipinski definition) is 1. The molecule has 1 heterocycles. The van der Waals surface area contributed by atoms with Gasteiger partial charge in [-0.1, -0.05) is 19.9 Å². The Morgan fingerprint density at radius 3 is 2.55 bits per heavy atom. The lowest BCUT2D eigenvalue weighted by Crippen LogP contribution is -2.30. The van der Waals surface area contributed by atoms with Crippen LogP contribution in [-0.4, -0.2) is 23.1 Å². The molecule has 1 saturated carbocycles. The van der Waals surface area contributed by atoms with Gasteiger partial charge in [-0.25, -0.2) is 4.98 Å². The molecule has 0 radical (unpaired) electrons. The highest BCUT2D eigenvalue weighted by Gasteiger charge is 2.30. The molecule has 20 heavy (non-hydrogen) atoms. The van der Waals surface area contributed by atoms with Crippen LogP contribution in [-0.2, 0) is 0 Å². The number of rotatable bonds is 6. The summed E-state index contributed by atoms with van der Waals surface area (Å²) in [5.74, 6) is 2.85. The third-order valence-corrected chi connectivity index (χ3v) is 3.47. The quantitative estimate of drug-likeness (QED) is 0.838. The Morgan fingerprint density at radius 1 is 1.30 bits per heavy atom. The molecule has 3 heteroatoms. The topological polar surface area (TPSA) is 28.2 Å². The molecular weight excluding hydrogens is 246 g/mol. The van der Waals surface area contributed by atoms with Crippen LogP contribution in [0.1, 0.15) is 53.9 Å². The van der Waals surface area contributed by atoms with Crippen molar-refractivity contribution in [2.45, 2.75) is 65.5 Å². The molecule has 2 rings (SSSR count). The molecule has 1 aliphatic carbocycles. The van der Waals surface area contributed by atoms with E-state index in [1.165, 1.54) is 19.3 Å². The Kier molecular flexibility index (Phi) is 4.56. The number of nitrogens with zero attached hydrogens (tertiary/aromatic N) is 2. The zero-order chi connectivity index (χ0) is 14.8. The van der Waals surface area contributed by atoms with Crippen molar-refractivity contribution >= 4 is 11.6 Å². The SMILES string of the molecule is CC(C)CCN(c1cccc(NC(C)(C)C)n1)C1CC1. The summed E-state index contributed by atoms with van der Waals surface area (Å²) in [6, 6.07) is 7.03. The molecule has 0 aromatic carbocycles. The summed E-state index contributed by atoms with van der Waals surface area (Å²) in [4.78, 5) is 7.31. The van der Waals surface area contributed by atoms with Gasteiger partial charge in [-0.15, -0.1) is 0 Å². The van der Waals surface area contributed by atoms with Crippen LogP contribution in [0.2, 0.25) is 0 Å². The number of aromatic nitrogens is 1. The Balaban J connectivity index is 2.10. The summed E-state index contributed by atoms with van der Waals surface area (Å²) in [6.07, 6.45) is 3.86. The lowest BCUT2D eigenvalue weighted by atomic mass is 10.1. The fourth-order valence-corrected chi connectivity index (χ4v) is 2.30. The summed E-state index contributed by atoms with van der Waals surface area (Å²) in [7, 11) is 0. The second-order valence-corrected chi connectivity index (χ2v) is 7.36. The highest BCUT2D eigenvalue weighted by molar-refractivity contribution is 5.49. The van der Waals surface area contributed by atoms with Crippen LogP contribution in [0.5, 0.6) is 0 Å². The first-order chi connectivity index (χ1) is 9.35. The first kappa shape index (κ1) is 15.1. The molecule has 0 unspecified atom stereocenters. The van der Waals surface area contributed by atoms with E-state index in [1.54, 1.807) is 0 Å². The predicted octanol–water partition coefficient (Wildman–Crippen LogP) is 4.31. The van der Waals surface area contributed by atoms with Gasteiger partial charge in [-0.05, 0) is 58.1 Å². The molecule has 1 aromatic rings. The van der Waals surface area contributed by atoms with Crippen molar-refractivity contribution in [2.75, 3.05) is 16.8 Å². The van der Waals surface area contributed by atoms with Gasteiger partial charge in [0.05, 0.1) is 0 Å². The average Bonchev–Trinajstić information content (AvgIpc) is 3.11. The van der Waals surface area contributed by atoms with E-state index in [1.807, 2.05) is 0 Å². The van der Waals surface area contributed by atoms with Crippen LogP contribution in [0.25, 0.3) is 0 Å². The van der Waals surface area contributed by atoms with Crippen molar-refractivity contribution < 1.29 is 0 Å². The minimum absolute atomic E-state index is 0.0496. The van der Waals surface area contributed by atoms with E-state index >= 15 is 0 Å². The molecule has 0 amide bonds. The molecule has 1 aliphatic rings. The van der Waals surface area contributed by atoms with Gasteiger partial charge in [0.1, 0.15) is 11.6 Å². The van der Waals surface area contributed by atoms with Crippen molar-refractivity contribution in [3.05, 3.63) is 18.2 Å². The van der Waals surface area contributed by atoms with Crippen LogP contribution in [0.4, 0.5) is 11.6 Å². The van der Waals surface area contributed by atoms with E-state index in [2.05, 4.69) is 63.0 Å². The minimum Gasteiger partial charge on any atom is -0.365 e. The van der Waals surface area contributed by atoms with Gasteiger partial charge in [-0.3, -0.25) is 0 Å². The highest BCUT2D eigenvalue weighted by atomic mass is 15.2. The van der Waals surface area contributed by atoms with Crippen LogP contribution in [0.3, 0.4) is 0 Å². The first-order valence-electron chi connectivity index (χ1n) is 7.87. The van der Waals surface area contributed by atoms with E-state index in [0.29, 0.717) is 6.04 Å². The monoisotopic (exact) mass is 275 g/mol. The third-order valence-electron chi connectivity index (χ3n) is 3.47. The van der Waals surface area contributed by atoms with Crippen LogP contribution >= 0.6 is 0 Å². The highest BCUT2D eigenvalue weighted by Crippen LogP contribution is 2.31. The molecule has 1 fully saturated rings. The standard InChI is InChI=1S/C17H29N3/c1-13(2)11-12-20(14-9-10-14)16-8-6-7-15(18-16)19-17(3,4)5/h6-8,13-14H,9-12H2,1-5H3,(H,18,19). The fraction of sp³-hybridized carbons (Fsp3) is 0.706. The zero-order valence-corrected chi connectivity index (χ0v) is 13.6. The van der Waals surface area contributed by atoms with Crippen molar-refractivity contribution in [2.24, 2.45) is 5.92 Å². The van der Waals surface area contributed by atoms with E-state index < -0.39 is 0 Å². The van der Waals surface area contributed by atoms with E-state index in [-0.39, 0.29) is 5.54 Å². The smallest absolute Gasteiger partial charge is 0.131 e. The second kappa shape index (κ2) is 6.02. The van der Waals surface area contributed by atoms with Crippen molar-refractivity contribution in [1.29, 1.82) is 0 Å². The van der Waals surface area contributed by atoms with Crippen molar-refractivity contribution in [3.8, 4) is 0 Å². The fourth-order valence-electron chi connectivity index (χ4n) is 2.30. The van der Waals surface area contributed by atoms with Gasteiger partial charge in [-0.2, -0.15) is 0 Å². The lowest BCUT2D eigenvalue weighted by Gasteiger charge is -2.26. The van der Waals surface area contributed by atoms with E-state index in [4.69, 9.17) is 4.98 Å².